The molecule has 1 heterocycles. The highest BCUT2D eigenvalue weighted by molar-refractivity contribution is 5.04. The first kappa shape index (κ1) is 10.1. The molecule has 0 spiro atoms. The van der Waals surface area contributed by atoms with Crippen LogP contribution in [-0.2, 0) is 13.0 Å². The molecule has 0 radical (unpaired) electrons. The fraction of sp³-hybridized carbons (Fsp3) is 0.444. The van der Waals surface area contributed by atoms with Crippen LogP contribution in [0.4, 0.5) is 0 Å². The van der Waals surface area contributed by atoms with Crippen LogP contribution in [0, 0.1) is 0 Å². The molecule has 0 aromatic carbocycles. The number of hydrogen-bond donors (Lipinski definition) is 0. The van der Waals surface area contributed by atoms with Crippen molar-refractivity contribution in [3.63, 3.8) is 0 Å². The Kier molecular flexibility index (Phi) is 4.42. The first-order valence-electron chi connectivity index (χ1n) is 3.84. The summed E-state index contributed by atoms with van der Waals surface area (Å²) in [5.74, 6) is 0. The van der Waals surface area contributed by atoms with Gasteiger partial charge in [0.2, 0.25) is 0 Å². The molecule has 1 rings (SSSR count). The molecule has 0 amide bonds. The van der Waals surface area contributed by atoms with E-state index in [1.54, 1.807) is 0 Å². The van der Waals surface area contributed by atoms with E-state index in [0.717, 1.165) is 13.0 Å². The standard InChI is InChI=1S/C9H14N.FH/c1-3-9-6-5-7-10(4-2)8-9;/h5-8H,3-4H2,1-2H3;1H/q+1;/p-1. The van der Waals surface area contributed by atoms with Crippen molar-refractivity contribution in [2.75, 3.05) is 0 Å². The summed E-state index contributed by atoms with van der Waals surface area (Å²) in [4.78, 5) is 0. The van der Waals surface area contributed by atoms with Crippen LogP contribution >= 0.6 is 0 Å². The highest BCUT2D eigenvalue weighted by Crippen LogP contribution is 1.93. The molecule has 2 heteroatoms. The van der Waals surface area contributed by atoms with Crippen molar-refractivity contribution in [2.24, 2.45) is 0 Å². The molecule has 0 unspecified atom stereocenters. The number of aromatic nitrogens is 1. The average molecular weight is 155 g/mol. The number of hydrogen-bond acceptors (Lipinski definition) is 0. The zero-order chi connectivity index (χ0) is 7.40. The van der Waals surface area contributed by atoms with E-state index in [0.29, 0.717) is 0 Å². The summed E-state index contributed by atoms with van der Waals surface area (Å²) >= 11 is 0. The van der Waals surface area contributed by atoms with Crippen molar-refractivity contribution in [3.8, 4) is 0 Å². The van der Waals surface area contributed by atoms with Gasteiger partial charge < -0.3 is 4.70 Å². The Morgan fingerprint density at radius 2 is 2.09 bits per heavy atom. The van der Waals surface area contributed by atoms with E-state index >= 15 is 0 Å². The Hall–Kier alpha value is -0.920. The Morgan fingerprint density at radius 1 is 1.36 bits per heavy atom. The molecular weight excluding hydrogens is 141 g/mol. The molecule has 62 valence electrons. The van der Waals surface area contributed by atoms with Crippen LogP contribution in [0.1, 0.15) is 19.4 Å². The number of nitrogens with zero attached hydrogens (tertiary/aromatic N) is 1. The van der Waals surface area contributed by atoms with E-state index in [4.69, 9.17) is 0 Å². The minimum atomic E-state index is 0. The van der Waals surface area contributed by atoms with Gasteiger partial charge in [-0.2, -0.15) is 0 Å². The first-order chi connectivity index (χ1) is 4.86. The molecule has 1 aromatic rings. The van der Waals surface area contributed by atoms with Crippen molar-refractivity contribution >= 4 is 0 Å². The fourth-order valence-electron chi connectivity index (χ4n) is 0.982. The molecule has 1 aromatic heterocycles. The summed E-state index contributed by atoms with van der Waals surface area (Å²) in [7, 11) is 0. The van der Waals surface area contributed by atoms with Crippen molar-refractivity contribution in [3.05, 3.63) is 30.1 Å². The third kappa shape index (κ3) is 2.66. The maximum atomic E-state index is 2.19. The number of pyridine rings is 1. The molecule has 0 N–H and O–H groups in total. The zero-order valence-corrected chi connectivity index (χ0v) is 7.05. The summed E-state index contributed by atoms with van der Waals surface area (Å²) in [6, 6.07) is 4.26. The molecule has 0 bridgehead atoms. The first-order valence-corrected chi connectivity index (χ1v) is 3.84. The largest absolute Gasteiger partial charge is 1.00 e. The zero-order valence-electron chi connectivity index (χ0n) is 7.05. The minimum Gasteiger partial charge on any atom is -1.00 e. The molecule has 0 saturated heterocycles. The molecule has 0 aliphatic carbocycles. The van der Waals surface area contributed by atoms with Crippen LogP contribution in [0.15, 0.2) is 24.5 Å². The average Bonchev–Trinajstić information content (AvgIpc) is 2.05. The van der Waals surface area contributed by atoms with E-state index in [9.17, 15) is 0 Å². The second kappa shape index (κ2) is 4.83. The van der Waals surface area contributed by atoms with Gasteiger partial charge in [0.25, 0.3) is 0 Å². The molecule has 0 aliphatic rings. The molecule has 0 aliphatic heterocycles. The van der Waals surface area contributed by atoms with Crippen LogP contribution in [0.25, 0.3) is 0 Å². The monoisotopic (exact) mass is 155 g/mol. The lowest BCUT2D eigenvalue weighted by atomic mass is 10.2. The SMILES string of the molecule is CCc1ccc[n+](CC)c1.[F-]. The van der Waals surface area contributed by atoms with Gasteiger partial charge in [-0.25, -0.2) is 4.57 Å². The topological polar surface area (TPSA) is 3.88 Å². The van der Waals surface area contributed by atoms with Gasteiger partial charge in [-0.1, -0.05) is 6.92 Å². The summed E-state index contributed by atoms with van der Waals surface area (Å²) in [6.45, 7) is 5.39. The molecule has 11 heavy (non-hydrogen) atoms. The summed E-state index contributed by atoms with van der Waals surface area (Å²) < 4.78 is 2.19. The lowest BCUT2D eigenvalue weighted by Gasteiger charge is -1.93. The van der Waals surface area contributed by atoms with Crippen molar-refractivity contribution in [1.82, 2.24) is 0 Å². The lowest BCUT2D eigenvalue weighted by molar-refractivity contribution is -0.693. The quantitative estimate of drug-likeness (QED) is 0.461. The Balaban J connectivity index is 0.000001000. The second-order valence-electron chi connectivity index (χ2n) is 2.40. The third-order valence-corrected chi connectivity index (χ3v) is 1.69. The van der Waals surface area contributed by atoms with Crippen LogP contribution in [0.3, 0.4) is 0 Å². The smallest absolute Gasteiger partial charge is 0.171 e. The van der Waals surface area contributed by atoms with E-state index in [-0.39, 0.29) is 4.70 Å². The predicted molar refractivity (Wildman–Crippen MR) is 41.7 cm³/mol. The number of aryl methyl sites for hydroxylation is 2. The van der Waals surface area contributed by atoms with E-state index in [2.05, 4.69) is 42.9 Å². The minimum absolute atomic E-state index is 0. The van der Waals surface area contributed by atoms with Gasteiger partial charge in [-0.05, 0) is 19.4 Å². The maximum absolute atomic E-state index is 2.19. The van der Waals surface area contributed by atoms with Gasteiger partial charge >= 0.3 is 0 Å². The van der Waals surface area contributed by atoms with E-state index < -0.39 is 0 Å². The lowest BCUT2D eigenvalue weighted by Crippen LogP contribution is -3.00. The van der Waals surface area contributed by atoms with E-state index in [1.165, 1.54) is 5.56 Å². The molecule has 0 fully saturated rings. The van der Waals surface area contributed by atoms with Gasteiger partial charge in [-0.3, -0.25) is 0 Å². The number of rotatable bonds is 2. The summed E-state index contributed by atoms with van der Waals surface area (Å²) in [5, 5.41) is 0. The van der Waals surface area contributed by atoms with Crippen molar-refractivity contribution in [1.29, 1.82) is 0 Å². The van der Waals surface area contributed by atoms with Crippen LogP contribution < -0.4 is 9.27 Å². The highest BCUT2D eigenvalue weighted by Gasteiger charge is 1.95. The summed E-state index contributed by atoms with van der Waals surface area (Å²) in [5.41, 5.74) is 1.41. The van der Waals surface area contributed by atoms with Crippen molar-refractivity contribution in [2.45, 2.75) is 26.8 Å². The van der Waals surface area contributed by atoms with Gasteiger partial charge in [0, 0.05) is 11.6 Å². The van der Waals surface area contributed by atoms with Crippen LogP contribution in [0.2, 0.25) is 0 Å². The Labute approximate surface area is 67.0 Å². The molecule has 0 atom stereocenters. The third-order valence-electron chi connectivity index (χ3n) is 1.69. The van der Waals surface area contributed by atoms with Gasteiger partial charge in [0.1, 0.15) is 6.54 Å². The summed E-state index contributed by atoms with van der Waals surface area (Å²) in [6.07, 6.45) is 5.42. The van der Waals surface area contributed by atoms with Crippen LogP contribution in [-0.4, -0.2) is 0 Å². The molecule has 1 nitrogen and oxygen atoms in total. The van der Waals surface area contributed by atoms with Gasteiger partial charge in [0.15, 0.2) is 12.4 Å². The van der Waals surface area contributed by atoms with Gasteiger partial charge in [-0.15, -0.1) is 0 Å². The second-order valence-corrected chi connectivity index (χ2v) is 2.40. The Bertz CT molecular complexity index is 191. The predicted octanol–water partition coefficient (Wildman–Crippen LogP) is -1.44. The van der Waals surface area contributed by atoms with Gasteiger partial charge in [0.05, 0.1) is 0 Å². The molecular formula is C9H14FN. The Morgan fingerprint density at radius 3 is 2.64 bits per heavy atom. The number of halogens is 1. The van der Waals surface area contributed by atoms with E-state index in [1.807, 2.05) is 0 Å². The maximum Gasteiger partial charge on any atom is 0.171 e. The normalized spacial score (nSPS) is 8.91. The highest BCUT2D eigenvalue weighted by atomic mass is 19.0. The van der Waals surface area contributed by atoms with Crippen LogP contribution in [0.5, 0.6) is 0 Å². The fourth-order valence-corrected chi connectivity index (χ4v) is 0.982. The van der Waals surface area contributed by atoms with Crippen molar-refractivity contribution < 1.29 is 9.27 Å². The molecule has 0 saturated carbocycles.